The van der Waals surface area contributed by atoms with Gasteiger partial charge >= 0.3 is 0 Å². The Morgan fingerprint density at radius 1 is 1.38 bits per heavy atom. The third kappa shape index (κ3) is 4.29. The maximum absolute atomic E-state index is 13.4. The van der Waals surface area contributed by atoms with Gasteiger partial charge in [0.1, 0.15) is 24.0 Å². The fourth-order valence-corrected chi connectivity index (χ4v) is 2.05. The van der Waals surface area contributed by atoms with Gasteiger partial charge in [-0.05, 0) is 25.1 Å². The minimum atomic E-state index is -0.252. The Morgan fingerprint density at radius 2 is 2.19 bits per heavy atom. The van der Waals surface area contributed by atoms with Gasteiger partial charge in [-0.3, -0.25) is 0 Å². The summed E-state index contributed by atoms with van der Waals surface area (Å²) in [4.78, 5) is 4.27. The molecule has 5 heteroatoms. The second-order valence-corrected chi connectivity index (χ2v) is 5.21. The van der Waals surface area contributed by atoms with Crippen molar-refractivity contribution in [2.75, 3.05) is 0 Å². The molecule has 0 aliphatic carbocycles. The van der Waals surface area contributed by atoms with Gasteiger partial charge in [0.15, 0.2) is 0 Å². The molecular formula is C16H22FN3O. The minimum absolute atomic E-state index is 0.252. The summed E-state index contributed by atoms with van der Waals surface area (Å²) in [6.07, 6.45) is 3.68. The molecule has 0 amide bonds. The molecule has 114 valence electrons. The van der Waals surface area contributed by atoms with Crippen molar-refractivity contribution in [3.63, 3.8) is 0 Å². The molecule has 0 saturated heterocycles. The first-order chi connectivity index (χ1) is 10.1. The van der Waals surface area contributed by atoms with Crippen LogP contribution in [0.3, 0.4) is 0 Å². The van der Waals surface area contributed by atoms with Gasteiger partial charge in [0.25, 0.3) is 0 Å². The van der Waals surface area contributed by atoms with E-state index in [1.807, 2.05) is 10.8 Å². The van der Waals surface area contributed by atoms with Gasteiger partial charge in [0.2, 0.25) is 0 Å². The number of aryl methyl sites for hydroxylation is 1. The highest BCUT2D eigenvalue weighted by Gasteiger charge is 2.08. The van der Waals surface area contributed by atoms with E-state index in [1.165, 1.54) is 12.1 Å². The fourth-order valence-electron chi connectivity index (χ4n) is 2.05. The van der Waals surface area contributed by atoms with E-state index in [0.717, 1.165) is 17.9 Å². The van der Waals surface area contributed by atoms with E-state index in [2.05, 4.69) is 31.1 Å². The number of nitrogens with zero attached hydrogens (tertiary/aromatic N) is 2. The van der Waals surface area contributed by atoms with E-state index >= 15 is 0 Å². The third-order valence-corrected chi connectivity index (χ3v) is 3.22. The Kier molecular flexibility index (Phi) is 5.33. The van der Waals surface area contributed by atoms with E-state index in [1.54, 1.807) is 12.3 Å². The van der Waals surface area contributed by atoms with Crippen LogP contribution in [0, 0.1) is 5.82 Å². The molecule has 0 unspecified atom stereocenters. The quantitative estimate of drug-likeness (QED) is 0.852. The monoisotopic (exact) mass is 291 g/mol. The van der Waals surface area contributed by atoms with Crippen molar-refractivity contribution in [2.24, 2.45) is 0 Å². The first-order valence-corrected chi connectivity index (χ1v) is 7.24. The fraction of sp³-hybridized carbons (Fsp3) is 0.438. The maximum Gasteiger partial charge on any atom is 0.146 e. The molecule has 2 rings (SSSR count). The highest BCUT2D eigenvalue weighted by molar-refractivity contribution is 5.34. The van der Waals surface area contributed by atoms with Crippen molar-refractivity contribution in [3.05, 3.63) is 47.8 Å². The average Bonchev–Trinajstić information content (AvgIpc) is 2.91. The van der Waals surface area contributed by atoms with Crippen LogP contribution < -0.4 is 10.1 Å². The molecule has 0 aliphatic heterocycles. The number of hydrogen-bond donors (Lipinski definition) is 1. The predicted octanol–water partition coefficient (Wildman–Crippen LogP) is 3.12. The van der Waals surface area contributed by atoms with Crippen molar-refractivity contribution in [1.29, 1.82) is 0 Å². The summed E-state index contributed by atoms with van der Waals surface area (Å²) >= 11 is 0. The molecule has 2 aromatic rings. The number of benzene rings is 1. The summed E-state index contributed by atoms with van der Waals surface area (Å²) in [5.74, 6) is 1.30. The molecule has 1 aromatic heterocycles. The molecule has 0 spiro atoms. The van der Waals surface area contributed by atoms with Crippen LogP contribution in [0.1, 0.15) is 32.2 Å². The summed E-state index contributed by atoms with van der Waals surface area (Å²) in [5, 5.41) is 3.28. The van der Waals surface area contributed by atoms with Crippen molar-refractivity contribution >= 4 is 0 Å². The van der Waals surface area contributed by atoms with Crippen LogP contribution in [0.4, 0.5) is 4.39 Å². The number of imidazole rings is 1. The summed E-state index contributed by atoms with van der Waals surface area (Å²) < 4.78 is 21.2. The SMILES string of the molecule is CCn1ccnc1COc1ccc(F)cc1CNC(C)C. The Morgan fingerprint density at radius 3 is 2.90 bits per heavy atom. The summed E-state index contributed by atoms with van der Waals surface area (Å²) in [6.45, 7) is 7.97. The zero-order valence-electron chi connectivity index (χ0n) is 12.8. The van der Waals surface area contributed by atoms with E-state index in [9.17, 15) is 4.39 Å². The Balaban J connectivity index is 2.08. The predicted molar refractivity (Wildman–Crippen MR) is 80.6 cm³/mol. The van der Waals surface area contributed by atoms with Gasteiger partial charge in [-0.25, -0.2) is 9.37 Å². The van der Waals surface area contributed by atoms with Crippen LogP contribution in [-0.4, -0.2) is 15.6 Å². The Labute approximate surface area is 125 Å². The first-order valence-electron chi connectivity index (χ1n) is 7.24. The van der Waals surface area contributed by atoms with Crippen molar-refractivity contribution in [3.8, 4) is 5.75 Å². The molecule has 4 nitrogen and oxygen atoms in total. The van der Waals surface area contributed by atoms with Gasteiger partial charge in [0, 0.05) is 37.1 Å². The van der Waals surface area contributed by atoms with E-state index in [-0.39, 0.29) is 5.82 Å². The standard InChI is InChI=1S/C16H22FN3O/c1-4-20-8-7-18-16(20)11-21-15-6-5-14(17)9-13(15)10-19-12(2)3/h5-9,12,19H,4,10-11H2,1-3H3. The molecule has 1 aromatic carbocycles. The first kappa shape index (κ1) is 15.5. The van der Waals surface area contributed by atoms with Gasteiger partial charge < -0.3 is 14.6 Å². The normalized spacial score (nSPS) is 11.1. The highest BCUT2D eigenvalue weighted by Crippen LogP contribution is 2.21. The number of aromatic nitrogens is 2. The van der Waals surface area contributed by atoms with E-state index in [4.69, 9.17) is 4.74 Å². The second-order valence-electron chi connectivity index (χ2n) is 5.21. The van der Waals surface area contributed by atoms with Crippen LogP contribution >= 0.6 is 0 Å². The molecule has 0 radical (unpaired) electrons. The maximum atomic E-state index is 13.4. The second kappa shape index (κ2) is 7.22. The minimum Gasteiger partial charge on any atom is -0.485 e. The molecule has 0 bridgehead atoms. The van der Waals surface area contributed by atoms with Crippen LogP contribution in [0.5, 0.6) is 5.75 Å². The lowest BCUT2D eigenvalue weighted by molar-refractivity contribution is 0.285. The summed E-state index contributed by atoms with van der Waals surface area (Å²) in [5.41, 5.74) is 0.818. The molecule has 0 aliphatic rings. The summed E-state index contributed by atoms with van der Waals surface area (Å²) in [6, 6.07) is 4.93. The number of nitrogens with one attached hydrogen (secondary N) is 1. The average molecular weight is 291 g/mol. The van der Waals surface area contributed by atoms with Crippen molar-refractivity contribution < 1.29 is 9.13 Å². The zero-order chi connectivity index (χ0) is 15.2. The highest BCUT2D eigenvalue weighted by atomic mass is 19.1. The smallest absolute Gasteiger partial charge is 0.146 e. The van der Waals surface area contributed by atoms with Crippen molar-refractivity contribution in [2.45, 2.75) is 46.5 Å². The number of ether oxygens (including phenoxy) is 1. The molecular weight excluding hydrogens is 269 g/mol. The van der Waals surface area contributed by atoms with Gasteiger partial charge in [-0.15, -0.1) is 0 Å². The van der Waals surface area contributed by atoms with E-state index < -0.39 is 0 Å². The molecule has 0 atom stereocenters. The number of hydrogen-bond acceptors (Lipinski definition) is 3. The van der Waals surface area contributed by atoms with Gasteiger partial charge in [0.05, 0.1) is 0 Å². The van der Waals surface area contributed by atoms with Crippen LogP contribution in [0.25, 0.3) is 0 Å². The topological polar surface area (TPSA) is 39.1 Å². The van der Waals surface area contributed by atoms with Gasteiger partial charge in [-0.2, -0.15) is 0 Å². The largest absolute Gasteiger partial charge is 0.485 e. The van der Waals surface area contributed by atoms with E-state index in [0.29, 0.717) is 24.9 Å². The lowest BCUT2D eigenvalue weighted by atomic mass is 10.2. The number of halogens is 1. The lowest BCUT2D eigenvalue weighted by Crippen LogP contribution is -2.22. The van der Waals surface area contributed by atoms with Gasteiger partial charge in [-0.1, -0.05) is 13.8 Å². The van der Waals surface area contributed by atoms with Crippen LogP contribution in [0.2, 0.25) is 0 Å². The zero-order valence-corrected chi connectivity index (χ0v) is 12.8. The molecule has 0 saturated carbocycles. The number of rotatable bonds is 7. The summed E-state index contributed by atoms with van der Waals surface area (Å²) in [7, 11) is 0. The Bertz CT molecular complexity index is 581. The third-order valence-electron chi connectivity index (χ3n) is 3.22. The van der Waals surface area contributed by atoms with Crippen LogP contribution in [0.15, 0.2) is 30.6 Å². The molecule has 1 N–H and O–H groups in total. The Hall–Kier alpha value is -1.88. The molecule has 21 heavy (non-hydrogen) atoms. The lowest BCUT2D eigenvalue weighted by Gasteiger charge is -2.14. The van der Waals surface area contributed by atoms with Crippen molar-refractivity contribution in [1.82, 2.24) is 14.9 Å². The molecule has 0 fully saturated rings. The molecule has 1 heterocycles. The van der Waals surface area contributed by atoms with Crippen LogP contribution in [-0.2, 0) is 19.7 Å².